The van der Waals surface area contributed by atoms with Gasteiger partial charge in [-0.3, -0.25) is 4.79 Å². The molecule has 6 heteroatoms. The molecule has 0 spiro atoms. The number of rotatable bonds is 7. The maximum absolute atomic E-state index is 12.3. The van der Waals surface area contributed by atoms with Gasteiger partial charge in [0, 0.05) is 22.6 Å². The normalized spacial score (nSPS) is 13.2. The molecule has 0 aliphatic rings. The summed E-state index contributed by atoms with van der Waals surface area (Å²) in [7, 11) is 0. The van der Waals surface area contributed by atoms with Crippen molar-refractivity contribution in [3.8, 4) is 0 Å². The van der Waals surface area contributed by atoms with Gasteiger partial charge in [0.2, 0.25) is 5.95 Å². The Morgan fingerprint density at radius 3 is 2.28 bits per heavy atom. The van der Waals surface area contributed by atoms with Crippen molar-refractivity contribution in [1.82, 2.24) is 15.3 Å². The van der Waals surface area contributed by atoms with E-state index in [-0.39, 0.29) is 24.5 Å². The van der Waals surface area contributed by atoms with E-state index >= 15 is 0 Å². The number of aromatic nitrogens is 2. The molecule has 0 unspecified atom stereocenters. The van der Waals surface area contributed by atoms with Crippen molar-refractivity contribution < 1.29 is 9.90 Å². The molecule has 1 aromatic heterocycles. The van der Waals surface area contributed by atoms with Crippen LogP contribution < -0.4 is 10.6 Å². The number of amides is 1. The summed E-state index contributed by atoms with van der Waals surface area (Å²) >= 11 is 0. The topological polar surface area (TPSA) is 87.1 Å². The largest absolute Gasteiger partial charge is 0.394 e. The molecule has 0 radical (unpaired) electrons. The third-order valence-electron chi connectivity index (χ3n) is 4.23. The van der Waals surface area contributed by atoms with Crippen LogP contribution in [0.15, 0.2) is 30.3 Å². The number of carbonyl (C=O) groups is 1. The van der Waals surface area contributed by atoms with E-state index in [1.807, 2.05) is 45.9 Å². The van der Waals surface area contributed by atoms with Crippen LogP contribution in [0.5, 0.6) is 0 Å². The molecule has 1 amide bonds. The van der Waals surface area contributed by atoms with Crippen molar-refractivity contribution >= 4 is 17.5 Å². The first kappa shape index (κ1) is 18.9. The maximum Gasteiger partial charge on any atom is 0.251 e. The van der Waals surface area contributed by atoms with Gasteiger partial charge < -0.3 is 15.7 Å². The fraction of sp³-hybridized carbons (Fsp3) is 0.421. The lowest BCUT2D eigenvalue weighted by atomic mass is 9.99. The second kappa shape index (κ2) is 8.58. The Balaban J connectivity index is 2.04. The molecule has 25 heavy (non-hydrogen) atoms. The summed E-state index contributed by atoms with van der Waals surface area (Å²) in [6, 6.07) is 8.78. The Labute approximate surface area is 148 Å². The summed E-state index contributed by atoms with van der Waals surface area (Å²) in [5, 5.41) is 15.5. The molecule has 0 saturated carbocycles. The van der Waals surface area contributed by atoms with Gasteiger partial charge in [-0.15, -0.1) is 0 Å². The number of aryl methyl sites for hydroxylation is 2. The zero-order valence-corrected chi connectivity index (χ0v) is 15.2. The Bertz CT molecular complexity index is 696. The van der Waals surface area contributed by atoms with Crippen LogP contribution in [-0.4, -0.2) is 33.6 Å². The minimum atomic E-state index is -0.237. The van der Waals surface area contributed by atoms with Gasteiger partial charge in [0.1, 0.15) is 0 Å². The highest BCUT2D eigenvalue weighted by Gasteiger charge is 2.18. The van der Waals surface area contributed by atoms with E-state index in [0.29, 0.717) is 11.5 Å². The minimum Gasteiger partial charge on any atom is -0.394 e. The first-order valence-electron chi connectivity index (χ1n) is 8.54. The zero-order valence-electron chi connectivity index (χ0n) is 15.2. The predicted molar refractivity (Wildman–Crippen MR) is 99.0 cm³/mol. The molecule has 0 aliphatic carbocycles. The number of carbonyl (C=O) groups excluding carboxylic acids is 1. The molecule has 0 bridgehead atoms. The second-order valence-electron chi connectivity index (χ2n) is 6.32. The van der Waals surface area contributed by atoms with E-state index in [2.05, 4.69) is 20.6 Å². The molecule has 1 aromatic carbocycles. The summed E-state index contributed by atoms with van der Waals surface area (Å²) in [5.74, 6) is 0.567. The zero-order chi connectivity index (χ0) is 18.4. The molecule has 0 aliphatic heterocycles. The van der Waals surface area contributed by atoms with Gasteiger partial charge in [-0.05, 0) is 50.1 Å². The Hall–Kier alpha value is -2.47. The summed E-state index contributed by atoms with van der Waals surface area (Å²) in [6.45, 7) is 7.82. The summed E-state index contributed by atoms with van der Waals surface area (Å²) < 4.78 is 0. The van der Waals surface area contributed by atoms with Crippen molar-refractivity contribution in [1.29, 1.82) is 0 Å². The van der Waals surface area contributed by atoms with Crippen LogP contribution in [0.4, 0.5) is 11.6 Å². The fourth-order valence-corrected chi connectivity index (χ4v) is 2.52. The van der Waals surface area contributed by atoms with Gasteiger partial charge in [-0.1, -0.05) is 20.3 Å². The number of aliphatic hydroxyl groups excluding tert-OH is 1. The first-order chi connectivity index (χ1) is 11.9. The van der Waals surface area contributed by atoms with Gasteiger partial charge in [0.15, 0.2) is 0 Å². The monoisotopic (exact) mass is 342 g/mol. The van der Waals surface area contributed by atoms with Crippen LogP contribution in [0, 0.1) is 19.8 Å². The fourth-order valence-electron chi connectivity index (χ4n) is 2.52. The number of hydrogen-bond donors (Lipinski definition) is 3. The highest BCUT2D eigenvalue weighted by Crippen LogP contribution is 2.15. The molecule has 134 valence electrons. The number of benzene rings is 1. The van der Waals surface area contributed by atoms with Crippen LogP contribution in [0.25, 0.3) is 0 Å². The molecular weight excluding hydrogens is 316 g/mol. The SMILES string of the molecule is CC[C@@H](C)[C@@H](CO)NC(=O)c1ccc(Nc2nc(C)cc(C)n2)cc1. The quantitative estimate of drug-likeness (QED) is 0.720. The Morgan fingerprint density at radius 2 is 1.76 bits per heavy atom. The average Bonchev–Trinajstić information content (AvgIpc) is 2.58. The van der Waals surface area contributed by atoms with Gasteiger partial charge in [-0.2, -0.15) is 0 Å². The number of nitrogens with zero attached hydrogens (tertiary/aromatic N) is 2. The van der Waals surface area contributed by atoms with E-state index in [4.69, 9.17) is 0 Å². The van der Waals surface area contributed by atoms with Gasteiger partial charge in [0.25, 0.3) is 5.91 Å². The average molecular weight is 342 g/mol. The van der Waals surface area contributed by atoms with Crippen molar-refractivity contribution in [3.05, 3.63) is 47.3 Å². The van der Waals surface area contributed by atoms with Crippen molar-refractivity contribution in [2.45, 2.75) is 40.2 Å². The molecule has 3 N–H and O–H groups in total. The third-order valence-corrected chi connectivity index (χ3v) is 4.23. The van der Waals surface area contributed by atoms with Crippen LogP contribution in [0.1, 0.15) is 42.0 Å². The molecule has 6 nitrogen and oxygen atoms in total. The van der Waals surface area contributed by atoms with Crippen molar-refractivity contribution in [2.24, 2.45) is 5.92 Å². The van der Waals surface area contributed by atoms with E-state index in [1.54, 1.807) is 12.1 Å². The molecule has 2 aromatic rings. The van der Waals surface area contributed by atoms with E-state index in [0.717, 1.165) is 23.5 Å². The number of anilines is 2. The highest BCUT2D eigenvalue weighted by molar-refractivity contribution is 5.94. The van der Waals surface area contributed by atoms with Gasteiger partial charge in [-0.25, -0.2) is 9.97 Å². The molecule has 0 fully saturated rings. The molecular formula is C19H26N4O2. The standard InChI is InChI=1S/C19H26N4O2/c1-5-12(2)17(11-24)23-18(25)15-6-8-16(9-7-15)22-19-20-13(3)10-14(4)21-19/h6-10,12,17,24H,5,11H2,1-4H3,(H,23,25)(H,20,21,22)/t12-,17-/m1/s1. The van der Waals surface area contributed by atoms with E-state index in [9.17, 15) is 9.90 Å². The number of aliphatic hydroxyl groups is 1. The Morgan fingerprint density at radius 1 is 1.16 bits per heavy atom. The summed E-state index contributed by atoms with van der Waals surface area (Å²) in [5.41, 5.74) is 3.15. The Kier molecular flexibility index (Phi) is 6.47. The van der Waals surface area contributed by atoms with Crippen LogP contribution in [0.3, 0.4) is 0 Å². The molecule has 2 rings (SSSR count). The van der Waals surface area contributed by atoms with Crippen LogP contribution in [-0.2, 0) is 0 Å². The molecule has 2 atom stereocenters. The first-order valence-corrected chi connectivity index (χ1v) is 8.54. The number of hydrogen-bond acceptors (Lipinski definition) is 5. The third kappa shape index (κ3) is 5.26. The summed E-state index contributed by atoms with van der Waals surface area (Å²) in [6.07, 6.45) is 0.893. The van der Waals surface area contributed by atoms with E-state index in [1.165, 1.54) is 0 Å². The smallest absolute Gasteiger partial charge is 0.251 e. The second-order valence-corrected chi connectivity index (χ2v) is 6.32. The maximum atomic E-state index is 12.3. The van der Waals surface area contributed by atoms with Crippen LogP contribution in [0.2, 0.25) is 0 Å². The van der Waals surface area contributed by atoms with Crippen molar-refractivity contribution in [2.75, 3.05) is 11.9 Å². The predicted octanol–water partition coefficient (Wildman–Crippen LogP) is 2.97. The molecule has 0 saturated heterocycles. The lowest BCUT2D eigenvalue weighted by molar-refractivity contribution is 0.0891. The lowest BCUT2D eigenvalue weighted by Gasteiger charge is -2.22. The van der Waals surface area contributed by atoms with Crippen LogP contribution >= 0.6 is 0 Å². The molecule has 1 heterocycles. The summed E-state index contributed by atoms with van der Waals surface area (Å²) in [4.78, 5) is 21.0. The lowest BCUT2D eigenvalue weighted by Crippen LogP contribution is -2.41. The van der Waals surface area contributed by atoms with E-state index < -0.39 is 0 Å². The van der Waals surface area contributed by atoms with Gasteiger partial charge >= 0.3 is 0 Å². The number of nitrogens with one attached hydrogen (secondary N) is 2. The highest BCUT2D eigenvalue weighted by atomic mass is 16.3. The minimum absolute atomic E-state index is 0.0650. The van der Waals surface area contributed by atoms with Crippen molar-refractivity contribution in [3.63, 3.8) is 0 Å². The van der Waals surface area contributed by atoms with Gasteiger partial charge in [0.05, 0.1) is 12.6 Å².